The van der Waals surface area contributed by atoms with Gasteiger partial charge in [-0.05, 0) is 161 Å². The van der Waals surface area contributed by atoms with Crippen LogP contribution >= 0.6 is 0 Å². The molecule has 3 aliphatic heterocycles. The average Bonchev–Trinajstić information content (AvgIpc) is 1.67. The number of hydrogen-bond donors (Lipinski definition) is 8. The van der Waals surface area contributed by atoms with Crippen LogP contribution in [0.15, 0.2) is 152 Å². The van der Waals surface area contributed by atoms with Crippen molar-refractivity contribution in [3.8, 4) is 17.2 Å². The second kappa shape index (κ2) is 40.3. The Morgan fingerprint density at radius 2 is 0.738 bits per heavy atom. The number of hydrogen-bond acceptors (Lipinski definition) is 19. The molecule has 0 aromatic heterocycles. The number of ether oxygens (including phenoxy) is 8. The molecule has 0 spiro atoms. The number of aliphatic hydroxyl groups excluding tert-OH is 4. The van der Waals surface area contributed by atoms with Crippen molar-refractivity contribution in [3.63, 3.8) is 0 Å². The predicted molar refractivity (Wildman–Crippen MR) is 407 cm³/mol. The third-order valence-electron chi connectivity index (χ3n) is 20.0. The number of rotatable bonds is 32. The number of nitrogens with zero attached hydrogens (tertiary/aromatic N) is 3. The van der Waals surface area contributed by atoms with Crippen LogP contribution in [0, 0.1) is 11.8 Å². The highest BCUT2D eigenvalue weighted by Crippen LogP contribution is 2.35. The molecule has 4 amide bonds. The van der Waals surface area contributed by atoms with Gasteiger partial charge in [0.25, 0.3) is 0 Å². The fourth-order valence-corrected chi connectivity index (χ4v) is 14.2. The van der Waals surface area contributed by atoms with Crippen molar-refractivity contribution in [2.75, 3.05) is 118 Å². The van der Waals surface area contributed by atoms with Crippen molar-refractivity contribution in [2.24, 2.45) is 11.8 Å². The lowest BCUT2D eigenvalue weighted by atomic mass is 9.88. The molecule has 6 aromatic carbocycles. The zero-order chi connectivity index (χ0) is 75.7. The number of carbonyl (C=O) groups excluding carboxylic acids is 4. The monoisotopic (exact) mass is 1480 g/mol. The Morgan fingerprint density at radius 3 is 1.07 bits per heavy atom. The van der Waals surface area contributed by atoms with Gasteiger partial charge in [-0.25, -0.2) is 9.59 Å². The molecule has 0 saturated carbocycles. The zero-order valence-electron chi connectivity index (χ0n) is 63.1. The number of morpholine rings is 3. The van der Waals surface area contributed by atoms with E-state index in [0.29, 0.717) is 51.9 Å². The van der Waals surface area contributed by atoms with Crippen LogP contribution in [0.25, 0.3) is 0 Å². The number of fused-ring (bicyclic) bond motifs is 2. The van der Waals surface area contributed by atoms with Gasteiger partial charge >= 0.3 is 12.2 Å². The zero-order valence-corrected chi connectivity index (χ0v) is 63.1. The summed E-state index contributed by atoms with van der Waals surface area (Å²) in [6, 6.07) is 45.4. The molecular formula is C84H113N7O16. The van der Waals surface area contributed by atoms with Gasteiger partial charge in [0.15, 0.2) is 0 Å². The molecule has 6 aromatic rings. The summed E-state index contributed by atoms with van der Waals surface area (Å²) in [5.74, 6) is 0.313. The molecular weight excluding hydrogens is 1360 g/mol. The fraction of sp³-hybridized carbons (Fsp3) is 0.524. The first-order chi connectivity index (χ1) is 51.5. The van der Waals surface area contributed by atoms with Crippen molar-refractivity contribution < 1.29 is 77.5 Å². The van der Waals surface area contributed by atoms with E-state index in [2.05, 4.69) is 36.0 Å². The molecule has 5 aliphatic rings. The first-order valence-electron chi connectivity index (χ1n) is 38.1. The summed E-state index contributed by atoms with van der Waals surface area (Å²) in [4.78, 5) is 61.3. The Labute approximate surface area is 630 Å². The predicted octanol–water partition coefficient (Wildman–Crippen LogP) is 8.15. The van der Waals surface area contributed by atoms with Crippen LogP contribution in [0.4, 0.5) is 9.59 Å². The van der Waals surface area contributed by atoms with E-state index in [9.17, 15) is 39.6 Å². The number of alkyl carbamates (subject to hydrolysis) is 2. The summed E-state index contributed by atoms with van der Waals surface area (Å²) in [5.41, 5.74) is 5.91. The van der Waals surface area contributed by atoms with Gasteiger partial charge in [-0.1, -0.05) is 115 Å². The minimum absolute atomic E-state index is 0.0390. The molecule has 23 nitrogen and oxygen atoms in total. The van der Waals surface area contributed by atoms with E-state index >= 15 is 0 Å². The Morgan fingerprint density at radius 1 is 0.430 bits per heavy atom. The summed E-state index contributed by atoms with van der Waals surface area (Å²) in [7, 11) is 0. The second-order valence-corrected chi connectivity index (χ2v) is 30.6. The van der Waals surface area contributed by atoms with Gasteiger partial charge < -0.3 is 79.6 Å². The summed E-state index contributed by atoms with van der Waals surface area (Å²) >= 11 is 0. The molecule has 580 valence electrons. The molecule has 0 radical (unpaired) electrons. The molecule has 2 aliphatic carbocycles. The Hall–Kier alpha value is -8.20. The van der Waals surface area contributed by atoms with Gasteiger partial charge in [0.2, 0.25) is 11.8 Å². The quantitative estimate of drug-likeness (QED) is 0.0198. The van der Waals surface area contributed by atoms with Crippen LogP contribution < -0.4 is 35.5 Å². The van der Waals surface area contributed by atoms with Gasteiger partial charge in [-0.2, -0.15) is 0 Å². The molecule has 11 rings (SSSR count). The van der Waals surface area contributed by atoms with Crippen LogP contribution in [0.2, 0.25) is 0 Å². The van der Waals surface area contributed by atoms with Gasteiger partial charge in [-0.3, -0.25) is 24.3 Å². The van der Waals surface area contributed by atoms with Crippen molar-refractivity contribution in [3.05, 3.63) is 196 Å². The van der Waals surface area contributed by atoms with Crippen molar-refractivity contribution in [1.82, 2.24) is 36.0 Å². The lowest BCUT2D eigenvalue weighted by Crippen LogP contribution is -2.48. The maximum Gasteiger partial charge on any atom is 0.407 e. The van der Waals surface area contributed by atoms with Gasteiger partial charge in [-0.15, -0.1) is 0 Å². The standard InChI is InChI=1S/C45H62N4O9.C39H51N3O7/c1-45(2,3)58-44(53)46-39(29-33-10-14-37(15-11-33)57-27-21-49-18-24-55-25-19-49)40(50)31-35(43(52)47-42-38-7-5-4-6-34(38)30-41(42)51)28-32-8-12-36(13-9-32)56-26-20-48-16-22-54-23-17-48;1-39(2,3)49-38(46)40-33(24-28-13-15-31(16-14-28)48-22-19-42-17-20-47-21-18-42)34(43)26-30(23-27-9-5-4-6-10-27)37(45)41-36-32-12-8-7-11-29(32)25-35(36)44/h4-15,35,39-42,50-51H,16-31H2,1-3H3,(H,46,53)(H,47,52);4-16,30,33-36,43-44H,17-26H2,1-3H3,(H,40,46)(H,41,45)/t35?,39?,40?,41-,42+;30-,33+,34+,35-,36+/m11/s1. The SMILES string of the molecule is CC(C)(C)OC(=O)NC(Cc1ccc(OCCN2CCOCC2)cc1)C(O)CC(Cc1ccc(OCCN2CCOCC2)cc1)C(=O)N[C@H]1c2ccccc2C[C@H]1O.CC(C)(C)OC(=O)N[C@@H](Cc1ccc(OCCN2CCOCC2)cc1)[C@@H](O)C[C@@H](Cc1ccccc1)C(=O)N[C@H]1c2ccccc2C[C@H]1O. The third kappa shape index (κ3) is 26.6. The summed E-state index contributed by atoms with van der Waals surface area (Å²) in [6.07, 6.45) is -2.71. The van der Waals surface area contributed by atoms with Crippen molar-refractivity contribution in [2.45, 2.75) is 153 Å². The first kappa shape index (κ1) is 81.3. The maximum absolute atomic E-state index is 14.3. The van der Waals surface area contributed by atoms with E-state index in [1.807, 2.05) is 152 Å². The van der Waals surface area contributed by atoms with Gasteiger partial charge in [0.1, 0.15) is 48.3 Å². The fourth-order valence-electron chi connectivity index (χ4n) is 14.2. The number of benzene rings is 6. The summed E-state index contributed by atoms with van der Waals surface area (Å²) in [5, 5.41) is 57.5. The van der Waals surface area contributed by atoms with Crippen molar-refractivity contribution >= 4 is 24.0 Å². The second-order valence-electron chi connectivity index (χ2n) is 30.6. The normalized spacial score (nSPS) is 20.1. The largest absolute Gasteiger partial charge is 0.492 e. The van der Waals surface area contributed by atoms with E-state index < -0.39 is 83.8 Å². The average molecular weight is 1480 g/mol. The molecule has 3 fully saturated rings. The van der Waals surface area contributed by atoms with Crippen molar-refractivity contribution in [1.29, 1.82) is 0 Å². The van der Waals surface area contributed by atoms with E-state index in [0.717, 1.165) is 160 Å². The molecule has 107 heavy (non-hydrogen) atoms. The highest BCUT2D eigenvalue weighted by Gasteiger charge is 2.38. The van der Waals surface area contributed by atoms with E-state index in [-0.39, 0.29) is 31.1 Å². The first-order valence-corrected chi connectivity index (χ1v) is 38.1. The smallest absolute Gasteiger partial charge is 0.407 e. The highest BCUT2D eigenvalue weighted by molar-refractivity contribution is 5.80. The lowest BCUT2D eigenvalue weighted by molar-refractivity contribution is -0.128. The van der Waals surface area contributed by atoms with Crippen LogP contribution in [0.1, 0.15) is 111 Å². The van der Waals surface area contributed by atoms with E-state index in [1.165, 1.54) is 0 Å². The minimum atomic E-state index is -1.13. The highest BCUT2D eigenvalue weighted by atomic mass is 16.6. The summed E-state index contributed by atoms with van der Waals surface area (Å²) < 4.78 is 45.5. The van der Waals surface area contributed by atoms with E-state index in [4.69, 9.17) is 37.9 Å². The molecule has 0 bridgehead atoms. The molecule has 8 N–H and O–H groups in total. The topological polar surface area (TPSA) is 281 Å². The number of carbonyl (C=O) groups is 4. The molecule has 3 heterocycles. The molecule has 10 atom stereocenters. The Balaban J connectivity index is 0.000000232. The van der Waals surface area contributed by atoms with Gasteiger partial charge in [0.05, 0.1) is 88.2 Å². The Bertz CT molecular complexity index is 3690. The molecule has 23 heteroatoms. The van der Waals surface area contributed by atoms with Crippen LogP contribution in [-0.4, -0.2) is 225 Å². The van der Waals surface area contributed by atoms with Crippen LogP contribution in [0.5, 0.6) is 17.2 Å². The third-order valence-corrected chi connectivity index (χ3v) is 20.0. The number of aliphatic hydroxyl groups is 4. The van der Waals surface area contributed by atoms with Crippen LogP contribution in [0.3, 0.4) is 0 Å². The minimum Gasteiger partial charge on any atom is -0.492 e. The lowest BCUT2D eigenvalue weighted by Gasteiger charge is -2.30. The van der Waals surface area contributed by atoms with Crippen LogP contribution in [-0.2, 0) is 71.8 Å². The molecule has 3 unspecified atom stereocenters. The maximum atomic E-state index is 14.3. The summed E-state index contributed by atoms with van der Waals surface area (Å²) in [6.45, 7) is 24.7. The number of amides is 4. The van der Waals surface area contributed by atoms with E-state index in [1.54, 1.807) is 41.5 Å². The van der Waals surface area contributed by atoms with Gasteiger partial charge in [0, 0.05) is 83.6 Å². The molecule has 3 saturated heterocycles. The Kier molecular flexibility index (Phi) is 30.6. The number of nitrogens with one attached hydrogen (secondary N) is 4.